The summed E-state index contributed by atoms with van der Waals surface area (Å²) in [5.74, 6) is 0.755. The molecule has 7 heteroatoms. The van der Waals surface area contributed by atoms with Gasteiger partial charge in [-0.2, -0.15) is 5.10 Å². The molecule has 1 N–H and O–H groups in total. The molecule has 3 heterocycles. The van der Waals surface area contributed by atoms with E-state index in [4.69, 9.17) is 9.52 Å². The maximum atomic E-state index is 12.2. The van der Waals surface area contributed by atoms with E-state index in [0.29, 0.717) is 13.1 Å². The molecule has 4 rings (SSSR count). The molecule has 0 radical (unpaired) electrons. The highest BCUT2D eigenvalue weighted by Gasteiger charge is 2.31. The maximum absolute atomic E-state index is 12.2. The zero-order chi connectivity index (χ0) is 15.8. The smallest absolute Gasteiger partial charge is 0.317 e. The second-order valence-electron chi connectivity index (χ2n) is 6.28. The van der Waals surface area contributed by atoms with Gasteiger partial charge in [0.05, 0.1) is 6.54 Å². The highest BCUT2D eigenvalue weighted by molar-refractivity contribution is 5.75. The van der Waals surface area contributed by atoms with E-state index in [1.54, 1.807) is 6.26 Å². The van der Waals surface area contributed by atoms with Crippen LogP contribution in [0.15, 0.2) is 17.1 Å². The summed E-state index contributed by atoms with van der Waals surface area (Å²) in [6.45, 7) is 4.85. The van der Waals surface area contributed by atoms with Gasteiger partial charge in [0.25, 0.3) is 0 Å². The number of oxazole rings is 1. The molecule has 2 aliphatic rings. The quantitative estimate of drug-likeness (QED) is 0.936. The first-order valence-corrected chi connectivity index (χ1v) is 8.26. The fraction of sp³-hybridized carbons (Fsp3) is 0.562. The molecule has 2 aromatic heterocycles. The van der Waals surface area contributed by atoms with E-state index in [1.165, 1.54) is 24.9 Å². The Labute approximate surface area is 134 Å². The third-order valence-corrected chi connectivity index (χ3v) is 4.55. The first kappa shape index (κ1) is 14.3. The lowest BCUT2D eigenvalue weighted by Crippen LogP contribution is -2.42. The third-order valence-electron chi connectivity index (χ3n) is 4.55. The molecule has 23 heavy (non-hydrogen) atoms. The number of aromatic nitrogens is 3. The normalized spacial score (nSPS) is 17.2. The number of urea groups is 1. The zero-order valence-electron chi connectivity index (χ0n) is 13.3. The maximum Gasteiger partial charge on any atom is 0.317 e. The number of rotatable bonds is 4. The van der Waals surface area contributed by atoms with Crippen LogP contribution in [0.2, 0.25) is 0 Å². The highest BCUT2D eigenvalue weighted by Crippen LogP contribution is 2.34. The van der Waals surface area contributed by atoms with Crippen LogP contribution in [0.3, 0.4) is 0 Å². The first-order chi connectivity index (χ1) is 11.3. The number of hydrogen-bond donors (Lipinski definition) is 1. The fourth-order valence-corrected chi connectivity index (χ4v) is 3.16. The van der Waals surface area contributed by atoms with Crippen molar-refractivity contribution >= 4 is 6.03 Å². The molecule has 0 aromatic carbocycles. The first-order valence-electron chi connectivity index (χ1n) is 8.26. The largest absolute Gasteiger partial charge is 0.451 e. The van der Waals surface area contributed by atoms with Crippen LogP contribution in [0.1, 0.15) is 31.0 Å². The van der Waals surface area contributed by atoms with Crippen LogP contribution in [-0.4, -0.2) is 38.8 Å². The minimum atomic E-state index is -0.0146. The predicted octanol–water partition coefficient (Wildman–Crippen LogP) is 2.04. The number of fused-ring (bicyclic) bond motifs is 1. The lowest BCUT2D eigenvalue weighted by Gasteiger charge is -2.27. The number of amides is 2. The van der Waals surface area contributed by atoms with Gasteiger partial charge in [0, 0.05) is 37.3 Å². The Morgan fingerprint density at radius 3 is 3.04 bits per heavy atom. The fourth-order valence-electron chi connectivity index (χ4n) is 3.16. The predicted molar refractivity (Wildman–Crippen MR) is 83.6 cm³/mol. The molecule has 1 aliphatic heterocycles. The van der Waals surface area contributed by atoms with Crippen LogP contribution in [0.5, 0.6) is 0 Å². The standard InChI is InChI=1S/C16H21N5O2/c1-2-17-16(22)20-6-5-14-12(8-20)15(13-9-23-10-18-13)19-21(14)7-11-3-4-11/h9-11H,2-8H2,1H3,(H,17,22). The Morgan fingerprint density at radius 1 is 1.48 bits per heavy atom. The van der Waals surface area contributed by atoms with Gasteiger partial charge in [-0.25, -0.2) is 9.78 Å². The number of carbonyl (C=O) groups excluding carboxylic acids is 1. The van der Waals surface area contributed by atoms with E-state index >= 15 is 0 Å². The van der Waals surface area contributed by atoms with Gasteiger partial charge in [-0.15, -0.1) is 0 Å². The number of hydrogen-bond acceptors (Lipinski definition) is 4. The molecule has 122 valence electrons. The molecule has 2 amide bonds. The second-order valence-corrected chi connectivity index (χ2v) is 6.28. The van der Waals surface area contributed by atoms with Gasteiger partial charge in [0.1, 0.15) is 17.7 Å². The minimum Gasteiger partial charge on any atom is -0.451 e. The molecular weight excluding hydrogens is 294 g/mol. The van der Waals surface area contributed by atoms with E-state index in [9.17, 15) is 4.79 Å². The van der Waals surface area contributed by atoms with Crippen molar-refractivity contribution in [1.82, 2.24) is 25.0 Å². The van der Waals surface area contributed by atoms with Gasteiger partial charge in [-0.05, 0) is 25.7 Å². The SMILES string of the molecule is CCNC(=O)N1CCc2c(c(-c3cocn3)nn2CC2CC2)C1. The van der Waals surface area contributed by atoms with Crippen molar-refractivity contribution in [2.45, 2.75) is 39.3 Å². The summed E-state index contributed by atoms with van der Waals surface area (Å²) in [5, 5.41) is 7.66. The summed E-state index contributed by atoms with van der Waals surface area (Å²) in [6, 6.07) is -0.0146. The van der Waals surface area contributed by atoms with Crippen molar-refractivity contribution in [1.29, 1.82) is 0 Å². The molecule has 7 nitrogen and oxygen atoms in total. The molecule has 1 saturated carbocycles. The van der Waals surface area contributed by atoms with Crippen molar-refractivity contribution in [3.63, 3.8) is 0 Å². The Bertz CT molecular complexity index is 702. The molecule has 0 saturated heterocycles. The van der Waals surface area contributed by atoms with Crippen molar-refractivity contribution in [2.75, 3.05) is 13.1 Å². The van der Waals surface area contributed by atoms with Crippen LogP contribution in [0.4, 0.5) is 4.79 Å². The molecule has 1 aliphatic carbocycles. The average molecular weight is 315 g/mol. The van der Waals surface area contributed by atoms with Crippen molar-refractivity contribution in [3.05, 3.63) is 23.9 Å². The molecule has 2 aromatic rings. The van der Waals surface area contributed by atoms with E-state index in [-0.39, 0.29) is 6.03 Å². The number of carbonyl (C=O) groups is 1. The number of nitrogens with zero attached hydrogens (tertiary/aromatic N) is 4. The summed E-state index contributed by atoms with van der Waals surface area (Å²) in [7, 11) is 0. The van der Waals surface area contributed by atoms with Crippen LogP contribution in [0, 0.1) is 5.92 Å². The summed E-state index contributed by atoms with van der Waals surface area (Å²) in [5.41, 5.74) is 3.95. The molecular formula is C16H21N5O2. The topological polar surface area (TPSA) is 76.2 Å². The van der Waals surface area contributed by atoms with Gasteiger partial charge in [0.15, 0.2) is 6.39 Å². The van der Waals surface area contributed by atoms with Crippen molar-refractivity contribution in [2.24, 2.45) is 5.92 Å². The molecule has 0 spiro atoms. The van der Waals surface area contributed by atoms with Gasteiger partial charge in [-0.1, -0.05) is 0 Å². The second kappa shape index (κ2) is 5.72. The summed E-state index contributed by atoms with van der Waals surface area (Å²) < 4.78 is 7.25. The Morgan fingerprint density at radius 2 is 2.35 bits per heavy atom. The van der Waals surface area contributed by atoms with Crippen molar-refractivity contribution in [3.8, 4) is 11.4 Å². The average Bonchev–Trinajstić information content (AvgIpc) is 3.08. The monoisotopic (exact) mass is 315 g/mol. The summed E-state index contributed by atoms with van der Waals surface area (Å²) >= 11 is 0. The molecule has 0 bridgehead atoms. The summed E-state index contributed by atoms with van der Waals surface area (Å²) in [4.78, 5) is 18.2. The Balaban J connectivity index is 1.67. The van der Waals surface area contributed by atoms with Crippen LogP contribution in [-0.2, 0) is 19.5 Å². The third kappa shape index (κ3) is 2.71. The van der Waals surface area contributed by atoms with Crippen LogP contribution in [0.25, 0.3) is 11.4 Å². The summed E-state index contributed by atoms with van der Waals surface area (Å²) in [6.07, 6.45) is 6.46. The minimum absolute atomic E-state index is 0.0146. The van der Waals surface area contributed by atoms with Crippen LogP contribution < -0.4 is 5.32 Å². The number of nitrogens with one attached hydrogen (secondary N) is 1. The lowest BCUT2D eigenvalue weighted by atomic mass is 10.0. The van der Waals surface area contributed by atoms with Gasteiger partial charge < -0.3 is 14.6 Å². The Hall–Kier alpha value is -2.31. The van der Waals surface area contributed by atoms with Gasteiger partial charge in [0.2, 0.25) is 0 Å². The lowest BCUT2D eigenvalue weighted by molar-refractivity contribution is 0.192. The zero-order valence-corrected chi connectivity index (χ0v) is 13.3. The van der Waals surface area contributed by atoms with E-state index in [0.717, 1.165) is 42.4 Å². The van der Waals surface area contributed by atoms with E-state index in [2.05, 4.69) is 15.0 Å². The van der Waals surface area contributed by atoms with Gasteiger partial charge in [-0.3, -0.25) is 4.68 Å². The molecule has 0 atom stereocenters. The highest BCUT2D eigenvalue weighted by atomic mass is 16.3. The van der Waals surface area contributed by atoms with Crippen LogP contribution >= 0.6 is 0 Å². The van der Waals surface area contributed by atoms with Gasteiger partial charge >= 0.3 is 6.03 Å². The van der Waals surface area contributed by atoms with E-state index in [1.807, 2.05) is 11.8 Å². The Kier molecular flexibility index (Phi) is 3.55. The van der Waals surface area contributed by atoms with E-state index < -0.39 is 0 Å². The molecule has 0 unspecified atom stereocenters. The van der Waals surface area contributed by atoms with Crippen molar-refractivity contribution < 1.29 is 9.21 Å². The molecule has 1 fully saturated rings.